The van der Waals surface area contributed by atoms with Gasteiger partial charge >= 0.3 is 0 Å². The molecule has 0 unspecified atom stereocenters. The number of nitrogens with one attached hydrogen (secondary N) is 1. The highest BCUT2D eigenvalue weighted by Gasteiger charge is 2.13. The van der Waals surface area contributed by atoms with E-state index in [2.05, 4.69) is 15.5 Å². The third-order valence-electron chi connectivity index (χ3n) is 4.59. The first-order chi connectivity index (χ1) is 14.7. The summed E-state index contributed by atoms with van der Waals surface area (Å²) in [4.78, 5) is 12.4. The van der Waals surface area contributed by atoms with E-state index in [4.69, 9.17) is 13.6 Å². The minimum atomic E-state index is -0.0520. The highest BCUT2D eigenvalue weighted by Crippen LogP contribution is 2.26. The van der Waals surface area contributed by atoms with E-state index in [0.29, 0.717) is 35.2 Å². The van der Waals surface area contributed by atoms with Gasteiger partial charge in [0.1, 0.15) is 5.75 Å². The van der Waals surface area contributed by atoms with E-state index in [-0.39, 0.29) is 5.91 Å². The lowest BCUT2D eigenvalue weighted by molar-refractivity contribution is -0.116. The summed E-state index contributed by atoms with van der Waals surface area (Å²) in [6.07, 6.45) is 3.45. The number of benzene rings is 2. The Morgan fingerprint density at radius 2 is 1.90 bits per heavy atom. The van der Waals surface area contributed by atoms with Crippen LogP contribution in [0.4, 0.5) is 5.69 Å². The van der Waals surface area contributed by atoms with Crippen LogP contribution in [0.1, 0.15) is 18.4 Å². The second kappa shape index (κ2) is 9.09. The van der Waals surface area contributed by atoms with Gasteiger partial charge in [-0.2, -0.15) is 0 Å². The number of carbonyl (C=O) groups is 1. The Hall–Kier alpha value is -3.87. The zero-order valence-corrected chi connectivity index (χ0v) is 16.5. The van der Waals surface area contributed by atoms with Crippen molar-refractivity contribution in [1.29, 1.82) is 0 Å². The summed E-state index contributed by atoms with van der Waals surface area (Å²) in [5, 5.41) is 11.0. The fourth-order valence-electron chi connectivity index (χ4n) is 3.14. The molecule has 0 radical (unpaired) electrons. The third-order valence-corrected chi connectivity index (χ3v) is 4.59. The van der Waals surface area contributed by atoms with E-state index in [9.17, 15) is 4.79 Å². The van der Waals surface area contributed by atoms with Gasteiger partial charge in [-0.05, 0) is 54.8 Å². The zero-order chi connectivity index (χ0) is 20.8. The van der Waals surface area contributed by atoms with Gasteiger partial charge in [0, 0.05) is 17.7 Å². The maximum absolute atomic E-state index is 12.4. The van der Waals surface area contributed by atoms with Crippen LogP contribution in [0.5, 0.6) is 5.75 Å². The Kier molecular flexibility index (Phi) is 5.89. The van der Waals surface area contributed by atoms with Crippen molar-refractivity contribution in [3.05, 3.63) is 72.5 Å². The predicted octanol–water partition coefficient (Wildman–Crippen LogP) is 4.97. The largest absolute Gasteiger partial charge is 0.496 e. The SMILES string of the molecule is COc1ccccc1CCCC(=O)Nc1cccc(-c2nnc(-c3ccco3)o2)c1. The number of anilines is 1. The van der Waals surface area contributed by atoms with Crippen LogP contribution in [0.2, 0.25) is 0 Å². The molecule has 2 aromatic carbocycles. The summed E-state index contributed by atoms with van der Waals surface area (Å²) in [5.74, 6) is 1.96. The number of hydrogen-bond acceptors (Lipinski definition) is 6. The van der Waals surface area contributed by atoms with Crippen LogP contribution in [-0.4, -0.2) is 23.2 Å². The van der Waals surface area contributed by atoms with Crippen LogP contribution >= 0.6 is 0 Å². The van der Waals surface area contributed by atoms with Crippen LogP contribution in [-0.2, 0) is 11.2 Å². The van der Waals surface area contributed by atoms with E-state index in [0.717, 1.165) is 24.2 Å². The van der Waals surface area contributed by atoms with Crippen LogP contribution in [0.15, 0.2) is 75.8 Å². The Morgan fingerprint density at radius 1 is 1.03 bits per heavy atom. The molecule has 1 N–H and O–H groups in total. The molecule has 0 bridgehead atoms. The molecule has 7 heteroatoms. The molecule has 0 saturated carbocycles. The number of methoxy groups -OCH3 is 1. The molecule has 1 amide bonds. The first-order valence-corrected chi connectivity index (χ1v) is 9.62. The number of furan rings is 1. The lowest BCUT2D eigenvalue weighted by Gasteiger charge is -2.09. The monoisotopic (exact) mass is 403 g/mol. The predicted molar refractivity (Wildman–Crippen MR) is 112 cm³/mol. The van der Waals surface area contributed by atoms with E-state index >= 15 is 0 Å². The number of aromatic nitrogens is 2. The molecule has 152 valence electrons. The second-order valence-corrected chi connectivity index (χ2v) is 6.68. The van der Waals surface area contributed by atoms with Gasteiger partial charge in [0.15, 0.2) is 5.76 Å². The summed E-state index contributed by atoms with van der Waals surface area (Å²) in [6, 6.07) is 18.6. The molecule has 0 saturated heterocycles. The molecule has 7 nitrogen and oxygen atoms in total. The Morgan fingerprint density at radius 3 is 2.73 bits per heavy atom. The minimum absolute atomic E-state index is 0.0520. The molecule has 0 aliphatic heterocycles. The van der Waals surface area contributed by atoms with Gasteiger partial charge in [-0.1, -0.05) is 24.3 Å². The number of ether oxygens (including phenoxy) is 1. The van der Waals surface area contributed by atoms with Crippen molar-refractivity contribution < 1.29 is 18.4 Å². The van der Waals surface area contributed by atoms with Crippen LogP contribution < -0.4 is 10.1 Å². The van der Waals surface area contributed by atoms with E-state index in [1.165, 1.54) is 0 Å². The molecule has 30 heavy (non-hydrogen) atoms. The Balaban J connectivity index is 1.35. The number of para-hydroxylation sites is 1. The van der Waals surface area contributed by atoms with Crippen molar-refractivity contribution in [3.63, 3.8) is 0 Å². The van der Waals surface area contributed by atoms with Gasteiger partial charge < -0.3 is 18.9 Å². The average molecular weight is 403 g/mol. The molecule has 4 aromatic rings. The first-order valence-electron chi connectivity index (χ1n) is 9.62. The normalized spacial score (nSPS) is 10.7. The number of amides is 1. The van der Waals surface area contributed by atoms with Gasteiger partial charge in [0.25, 0.3) is 5.89 Å². The van der Waals surface area contributed by atoms with Crippen molar-refractivity contribution in [2.75, 3.05) is 12.4 Å². The molecular formula is C23H21N3O4. The molecule has 0 atom stereocenters. The van der Waals surface area contributed by atoms with Crippen molar-refractivity contribution >= 4 is 11.6 Å². The van der Waals surface area contributed by atoms with Crippen LogP contribution in [0.3, 0.4) is 0 Å². The highest BCUT2D eigenvalue weighted by atomic mass is 16.5. The smallest absolute Gasteiger partial charge is 0.283 e. The topological polar surface area (TPSA) is 90.4 Å². The number of rotatable bonds is 8. The van der Waals surface area contributed by atoms with Gasteiger partial charge in [-0.25, -0.2) is 0 Å². The molecule has 0 aliphatic rings. The Bertz CT molecular complexity index is 1120. The van der Waals surface area contributed by atoms with Gasteiger partial charge in [0.2, 0.25) is 11.8 Å². The number of carbonyl (C=O) groups excluding carboxylic acids is 1. The quantitative estimate of drug-likeness (QED) is 0.447. The van der Waals surface area contributed by atoms with E-state index in [1.807, 2.05) is 42.5 Å². The Labute approximate surface area is 173 Å². The van der Waals surface area contributed by atoms with Crippen molar-refractivity contribution in [2.45, 2.75) is 19.3 Å². The molecule has 0 fully saturated rings. The lowest BCUT2D eigenvalue weighted by Crippen LogP contribution is -2.11. The minimum Gasteiger partial charge on any atom is -0.496 e. The highest BCUT2D eigenvalue weighted by molar-refractivity contribution is 5.91. The first kappa shape index (κ1) is 19.4. The van der Waals surface area contributed by atoms with Crippen molar-refractivity contribution in [2.24, 2.45) is 0 Å². The molecular weight excluding hydrogens is 382 g/mol. The second-order valence-electron chi connectivity index (χ2n) is 6.68. The van der Waals surface area contributed by atoms with Crippen molar-refractivity contribution in [3.8, 4) is 28.9 Å². The summed E-state index contributed by atoms with van der Waals surface area (Å²) >= 11 is 0. The lowest BCUT2D eigenvalue weighted by atomic mass is 10.1. The van der Waals surface area contributed by atoms with Gasteiger partial charge in [0.05, 0.1) is 13.4 Å². The van der Waals surface area contributed by atoms with Crippen LogP contribution in [0.25, 0.3) is 23.1 Å². The number of nitrogens with zero attached hydrogens (tertiary/aromatic N) is 2. The fourth-order valence-corrected chi connectivity index (χ4v) is 3.14. The zero-order valence-electron chi connectivity index (χ0n) is 16.5. The standard InChI is InChI=1S/C23H21N3O4/c1-28-19-11-3-2-7-16(19)8-5-13-21(27)24-18-10-4-9-17(15-18)22-25-26-23(30-22)20-12-6-14-29-20/h2-4,6-7,9-12,14-15H,5,8,13H2,1H3,(H,24,27). The van der Waals surface area contributed by atoms with E-state index < -0.39 is 0 Å². The summed E-state index contributed by atoms with van der Waals surface area (Å²) in [6.45, 7) is 0. The number of hydrogen-bond donors (Lipinski definition) is 1. The summed E-state index contributed by atoms with van der Waals surface area (Å²) in [7, 11) is 1.65. The third kappa shape index (κ3) is 4.57. The van der Waals surface area contributed by atoms with Crippen LogP contribution in [0, 0.1) is 0 Å². The summed E-state index contributed by atoms with van der Waals surface area (Å²) < 4.78 is 16.3. The van der Waals surface area contributed by atoms with E-state index in [1.54, 1.807) is 31.6 Å². The van der Waals surface area contributed by atoms with Crippen molar-refractivity contribution in [1.82, 2.24) is 10.2 Å². The molecule has 2 heterocycles. The fraction of sp³-hybridized carbons (Fsp3) is 0.174. The maximum atomic E-state index is 12.4. The molecule has 0 aliphatic carbocycles. The van der Waals surface area contributed by atoms with Gasteiger partial charge in [-0.15, -0.1) is 10.2 Å². The molecule has 0 spiro atoms. The maximum Gasteiger partial charge on any atom is 0.283 e. The molecule has 2 aromatic heterocycles. The van der Waals surface area contributed by atoms with Gasteiger partial charge in [-0.3, -0.25) is 4.79 Å². The number of aryl methyl sites for hydroxylation is 1. The molecule has 4 rings (SSSR count). The summed E-state index contributed by atoms with van der Waals surface area (Å²) in [5.41, 5.74) is 2.48. The average Bonchev–Trinajstić information content (AvgIpc) is 3.46.